The average Bonchev–Trinajstić information content (AvgIpc) is 3.04. The fourth-order valence-corrected chi connectivity index (χ4v) is 3.48. The summed E-state index contributed by atoms with van der Waals surface area (Å²) in [6, 6.07) is 14.7. The van der Waals surface area contributed by atoms with E-state index < -0.39 is 0 Å². The Morgan fingerprint density at radius 3 is 2.62 bits per heavy atom. The summed E-state index contributed by atoms with van der Waals surface area (Å²) in [4.78, 5) is 21.5. The summed E-state index contributed by atoms with van der Waals surface area (Å²) < 4.78 is 4.78. The summed E-state index contributed by atoms with van der Waals surface area (Å²) in [6.07, 6.45) is 1.79. The molecule has 0 amide bonds. The van der Waals surface area contributed by atoms with Gasteiger partial charge in [-0.25, -0.2) is 9.98 Å². The van der Waals surface area contributed by atoms with Crippen LogP contribution in [-0.2, 0) is 16.0 Å². The number of aromatic nitrogens is 1. The lowest BCUT2D eigenvalue weighted by molar-refractivity contribution is -0.139. The maximum absolute atomic E-state index is 11.7. The number of hydrogen-bond donors (Lipinski definition) is 0. The molecule has 2 aromatic carbocycles. The quantitative estimate of drug-likeness (QED) is 0.411. The zero-order valence-corrected chi connectivity index (χ0v) is 16.1. The van der Waals surface area contributed by atoms with Crippen molar-refractivity contribution in [3.05, 3.63) is 69.0 Å². The normalized spacial score (nSPS) is 11.0. The Labute approximate surface area is 165 Å². The average molecular weight is 405 g/mol. The number of carbonyl (C=O) groups is 1. The molecule has 0 unspecified atom stereocenters. The van der Waals surface area contributed by atoms with E-state index in [2.05, 4.69) is 9.98 Å². The number of halogens is 2. The van der Waals surface area contributed by atoms with Crippen LogP contribution in [0.1, 0.15) is 10.4 Å². The molecule has 0 spiro atoms. The van der Waals surface area contributed by atoms with Crippen LogP contribution in [0.25, 0.3) is 11.3 Å². The van der Waals surface area contributed by atoms with Crippen LogP contribution in [0.5, 0.6) is 0 Å². The van der Waals surface area contributed by atoms with E-state index in [-0.39, 0.29) is 12.4 Å². The van der Waals surface area contributed by atoms with Crippen LogP contribution in [0.3, 0.4) is 0 Å². The van der Waals surface area contributed by atoms with Crippen molar-refractivity contribution in [2.45, 2.75) is 6.42 Å². The first-order chi connectivity index (χ1) is 12.6. The van der Waals surface area contributed by atoms with Crippen molar-refractivity contribution in [1.29, 1.82) is 0 Å². The Hall–Kier alpha value is -2.21. The molecule has 3 aromatic rings. The number of nitrogens with zero attached hydrogens (tertiary/aromatic N) is 2. The van der Waals surface area contributed by atoms with Crippen molar-refractivity contribution in [1.82, 2.24) is 4.98 Å². The third kappa shape index (κ3) is 4.49. The molecule has 0 saturated carbocycles. The highest BCUT2D eigenvalue weighted by molar-refractivity contribution is 7.15. The summed E-state index contributed by atoms with van der Waals surface area (Å²) in [7, 11) is 1.36. The van der Waals surface area contributed by atoms with Gasteiger partial charge < -0.3 is 4.74 Å². The number of aliphatic imine (C=N–C) groups is 1. The van der Waals surface area contributed by atoms with Gasteiger partial charge in [0.15, 0.2) is 0 Å². The lowest BCUT2D eigenvalue weighted by atomic mass is 10.1. The van der Waals surface area contributed by atoms with Gasteiger partial charge in [-0.15, -0.1) is 0 Å². The number of hydrogen-bond acceptors (Lipinski definition) is 5. The van der Waals surface area contributed by atoms with E-state index in [9.17, 15) is 4.79 Å². The minimum atomic E-state index is -0.328. The molecular weight excluding hydrogens is 391 g/mol. The highest BCUT2D eigenvalue weighted by Crippen LogP contribution is 2.34. The second-order valence-corrected chi connectivity index (χ2v) is 7.21. The molecule has 0 radical (unpaired) electrons. The minimum absolute atomic E-state index is 0.133. The largest absolute Gasteiger partial charge is 0.469 e. The third-order valence-corrected chi connectivity index (χ3v) is 5.12. The Kier molecular flexibility index (Phi) is 6.04. The lowest BCUT2D eigenvalue weighted by Crippen LogP contribution is -2.03. The molecule has 0 bridgehead atoms. The van der Waals surface area contributed by atoms with Gasteiger partial charge in [-0.2, -0.15) is 0 Å². The van der Waals surface area contributed by atoms with Crippen LogP contribution in [0.4, 0.5) is 5.13 Å². The zero-order chi connectivity index (χ0) is 18.5. The molecule has 0 fully saturated rings. The van der Waals surface area contributed by atoms with Crippen molar-refractivity contribution in [3.63, 3.8) is 0 Å². The van der Waals surface area contributed by atoms with E-state index in [1.54, 1.807) is 24.4 Å². The molecule has 1 heterocycles. The van der Waals surface area contributed by atoms with Gasteiger partial charge >= 0.3 is 5.97 Å². The maximum atomic E-state index is 11.7. The first kappa shape index (κ1) is 18.6. The number of ether oxygens (including phenoxy) is 1. The number of rotatable bonds is 5. The Morgan fingerprint density at radius 1 is 1.19 bits per heavy atom. The Balaban J connectivity index is 1.96. The van der Waals surface area contributed by atoms with Crippen LogP contribution in [0, 0.1) is 0 Å². The van der Waals surface area contributed by atoms with E-state index in [1.807, 2.05) is 30.3 Å². The molecule has 132 valence electrons. The van der Waals surface area contributed by atoms with Crippen molar-refractivity contribution in [3.8, 4) is 11.3 Å². The predicted octanol–water partition coefficient (Wildman–Crippen LogP) is 5.58. The highest BCUT2D eigenvalue weighted by atomic mass is 35.5. The molecule has 7 heteroatoms. The van der Waals surface area contributed by atoms with Crippen molar-refractivity contribution < 1.29 is 9.53 Å². The summed E-state index contributed by atoms with van der Waals surface area (Å²) in [5.74, 6) is -0.328. The fourth-order valence-electron chi connectivity index (χ4n) is 2.26. The first-order valence-corrected chi connectivity index (χ1v) is 9.25. The van der Waals surface area contributed by atoms with Gasteiger partial charge in [0, 0.05) is 32.3 Å². The van der Waals surface area contributed by atoms with E-state index in [0.29, 0.717) is 20.9 Å². The predicted molar refractivity (Wildman–Crippen MR) is 107 cm³/mol. The number of carbonyl (C=O) groups excluding carboxylic acids is 1. The van der Waals surface area contributed by atoms with Gasteiger partial charge in [-0.3, -0.25) is 4.79 Å². The van der Waals surface area contributed by atoms with Gasteiger partial charge in [0.1, 0.15) is 0 Å². The van der Waals surface area contributed by atoms with Crippen LogP contribution in [-0.4, -0.2) is 24.3 Å². The molecule has 1 aromatic heterocycles. The van der Waals surface area contributed by atoms with E-state index >= 15 is 0 Å². The van der Waals surface area contributed by atoms with Gasteiger partial charge in [-0.1, -0.05) is 64.9 Å². The summed E-state index contributed by atoms with van der Waals surface area (Å²) in [5, 5.41) is 1.78. The number of methoxy groups -OCH3 is 1. The highest BCUT2D eigenvalue weighted by Gasteiger charge is 2.16. The van der Waals surface area contributed by atoms with E-state index in [1.165, 1.54) is 18.4 Å². The molecule has 0 saturated heterocycles. The molecule has 3 rings (SSSR count). The zero-order valence-electron chi connectivity index (χ0n) is 13.8. The van der Waals surface area contributed by atoms with E-state index in [0.717, 1.165) is 16.0 Å². The van der Waals surface area contributed by atoms with Crippen molar-refractivity contribution in [2.24, 2.45) is 4.99 Å². The third-order valence-electron chi connectivity index (χ3n) is 3.56. The molecule has 0 aliphatic rings. The monoisotopic (exact) mass is 404 g/mol. The number of thiazole rings is 1. The fraction of sp³-hybridized carbons (Fsp3) is 0.105. The minimum Gasteiger partial charge on any atom is -0.469 e. The number of esters is 1. The van der Waals surface area contributed by atoms with Crippen LogP contribution in [0.15, 0.2) is 53.5 Å². The van der Waals surface area contributed by atoms with Gasteiger partial charge in [0.05, 0.1) is 19.2 Å². The summed E-state index contributed by atoms with van der Waals surface area (Å²) >= 11 is 13.4. The van der Waals surface area contributed by atoms with Gasteiger partial charge in [0.2, 0.25) is 5.13 Å². The Bertz CT molecular complexity index is 952. The SMILES string of the molecule is COC(=O)Cc1sc(/N=C/c2ccccc2Cl)nc1-c1ccc(Cl)cc1. The summed E-state index contributed by atoms with van der Waals surface area (Å²) in [5.41, 5.74) is 2.36. The standard InChI is InChI=1S/C19H14Cl2N2O2S/c1-25-17(24)10-16-18(12-6-8-14(20)9-7-12)23-19(26-16)22-11-13-4-2-3-5-15(13)21/h2-9,11H,10H2,1H3/b22-11+. The van der Waals surface area contributed by atoms with E-state index in [4.69, 9.17) is 27.9 Å². The van der Waals surface area contributed by atoms with Crippen LogP contribution in [0.2, 0.25) is 10.0 Å². The van der Waals surface area contributed by atoms with Crippen molar-refractivity contribution >= 4 is 51.9 Å². The van der Waals surface area contributed by atoms with Crippen LogP contribution >= 0.6 is 34.5 Å². The topological polar surface area (TPSA) is 51.5 Å². The maximum Gasteiger partial charge on any atom is 0.310 e. The Morgan fingerprint density at radius 2 is 1.92 bits per heavy atom. The second-order valence-electron chi connectivity index (χ2n) is 5.31. The molecule has 0 aliphatic heterocycles. The lowest BCUT2D eigenvalue weighted by Gasteiger charge is -2.01. The molecular formula is C19H14Cl2N2O2S. The van der Waals surface area contributed by atoms with Crippen molar-refractivity contribution in [2.75, 3.05) is 7.11 Å². The first-order valence-electron chi connectivity index (χ1n) is 7.68. The summed E-state index contributed by atoms with van der Waals surface area (Å²) in [6.45, 7) is 0. The van der Waals surface area contributed by atoms with Gasteiger partial charge in [-0.05, 0) is 18.2 Å². The molecule has 26 heavy (non-hydrogen) atoms. The molecule has 0 atom stereocenters. The molecule has 0 N–H and O–H groups in total. The smallest absolute Gasteiger partial charge is 0.310 e. The molecule has 0 aliphatic carbocycles. The molecule has 4 nitrogen and oxygen atoms in total. The van der Waals surface area contributed by atoms with Crippen LogP contribution < -0.4 is 0 Å². The number of benzene rings is 2. The van der Waals surface area contributed by atoms with Gasteiger partial charge in [0.25, 0.3) is 0 Å². The second kappa shape index (κ2) is 8.45.